The van der Waals surface area contributed by atoms with Gasteiger partial charge < -0.3 is 20.1 Å². The minimum Gasteiger partial charge on any atom is -0.376 e. The van der Waals surface area contributed by atoms with Gasteiger partial charge in [-0.1, -0.05) is 0 Å². The second-order valence-electron chi connectivity index (χ2n) is 4.80. The zero-order chi connectivity index (χ0) is 12.1. The second-order valence-corrected chi connectivity index (χ2v) is 4.80. The van der Waals surface area contributed by atoms with Gasteiger partial charge in [-0.3, -0.25) is 4.79 Å². The highest BCUT2D eigenvalue weighted by molar-refractivity contribution is 5.79. The van der Waals surface area contributed by atoms with E-state index < -0.39 is 0 Å². The molecule has 0 aliphatic carbocycles. The Kier molecular flexibility index (Phi) is 4.76. The van der Waals surface area contributed by atoms with Crippen molar-refractivity contribution in [3.63, 3.8) is 0 Å². The van der Waals surface area contributed by atoms with Crippen LogP contribution in [-0.4, -0.2) is 51.0 Å². The normalized spacial score (nSPS) is 34.3. The number of carbonyl (C=O) groups excluding carboxylic acids is 1. The van der Waals surface area contributed by atoms with Crippen LogP contribution < -0.4 is 10.6 Å². The number of carbonyl (C=O) groups is 1. The van der Waals surface area contributed by atoms with Gasteiger partial charge >= 0.3 is 0 Å². The van der Waals surface area contributed by atoms with Crippen LogP contribution in [0.15, 0.2) is 0 Å². The molecule has 0 aromatic heterocycles. The fraction of sp³-hybridized carbons (Fsp3) is 0.917. The molecule has 2 rings (SSSR count). The van der Waals surface area contributed by atoms with E-state index >= 15 is 0 Å². The Labute approximate surface area is 102 Å². The Morgan fingerprint density at radius 1 is 1.47 bits per heavy atom. The van der Waals surface area contributed by atoms with Crippen LogP contribution in [0.4, 0.5) is 0 Å². The molecule has 2 saturated heterocycles. The highest BCUT2D eigenvalue weighted by Gasteiger charge is 2.27. The largest absolute Gasteiger partial charge is 0.376 e. The molecule has 17 heavy (non-hydrogen) atoms. The lowest BCUT2D eigenvalue weighted by atomic mass is 9.91. The van der Waals surface area contributed by atoms with E-state index in [9.17, 15) is 4.79 Å². The standard InChI is InChI=1S/C12H22N2O3/c1-9-11(3-2-4-13-9)12(15)14-7-10-8-16-5-6-17-10/h9-11,13H,2-8H2,1H3,(H,14,15). The van der Waals surface area contributed by atoms with Crippen LogP contribution in [0.5, 0.6) is 0 Å². The van der Waals surface area contributed by atoms with Gasteiger partial charge in [-0.15, -0.1) is 0 Å². The van der Waals surface area contributed by atoms with Crippen LogP contribution in [0, 0.1) is 5.92 Å². The Bertz CT molecular complexity index is 254. The Morgan fingerprint density at radius 3 is 3.06 bits per heavy atom. The van der Waals surface area contributed by atoms with Gasteiger partial charge in [0.2, 0.25) is 5.91 Å². The Hall–Kier alpha value is -0.650. The average molecular weight is 242 g/mol. The van der Waals surface area contributed by atoms with Crippen molar-refractivity contribution in [2.75, 3.05) is 32.9 Å². The zero-order valence-electron chi connectivity index (χ0n) is 10.4. The molecule has 0 aromatic rings. The molecule has 5 nitrogen and oxygen atoms in total. The molecule has 5 heteroatoms. The summed E-state index contributed by atoms with van der Waals surface area (Å²) in [7, 11) is 0. The van der Waals surface area contributed by atoms with Crippen LogP contribution in [0.25, 0.3) is 0 Å². The fourth-order valence-electron chi connectivity index (χ4n) is 2.40. The lowest BCUT2D eigenvalue weighted by Gasteiger charge is -2.30. The molecule has 0 aromatic carbocycles. The minimum absolute atomic E-state index is 0.0135. The summed E-state index contributed by atoms with van der Waals surface area (Å²) in [6.45, 7) is 5.52. The molecule has 98 valence electrons. The van der Waals surface area contributed by atoms with Crippen molar-refractivity contribution in [1.29, 1.82) is 0 Å². The fourth-order valence-corrected chi connectivity index (χ4v) is 2.40. The first kappa shape index (κ1) is 12.8. The third-order valence-corrected chi connectivity index (χ3v) is 3.49. The molecule has 2 aliphatic heterocycles. The summed E-state index contributed by atoms with van der Waals surface area (Å²) in [6, 6.07) is 0.271. The summed E-state index contributed by atoms with van der Waals surface area (Å²) >= 11 is 0. The maximum absolute atomic E-state index is 12.0. The van der Waals surface area contributed by atoms with Gasteiger partial charge in [0.1, 0.15) is 0 Å². The van der Waals surface area contributed by atoms with E-state index in [1.165, 1.54) is 0 Å². The summed E-state index contributed by atoms with van der Waals surface area (Å²) in [6.07, 6.45) is 2.06. The number of rotatable bonds is 3. The highest BCUT2D eigenvalue weighted by atomic mass is 16.6. The monoisotopic (exact) mass is 242 g/mol. The maximum Gasteiger partial charge on any atom is 0.224 e. The summed E-state index contributed by atoms with van der Waals surface area (Å²) in [4.78, 5) is 12.0. The quantitative estimate of drug-likeness (QED) is 0.726. The summed E-state index contributed by atoms with van der Waals surface area (Å²) in [5, 5.41) is 6.30. The smallest absolute Gasteiger partial charge is 0.224 e. The van der Waals surface area contributed by atoms with Gasteiger partial charge in [-0.2, -0.15) is 0 Å². The van der Waals surface area contributed by atoms with Gasteiger partial charge in [0.25, 0.3) is 0 Å². The van der Waals surface area contributed by atoms with Crippen LogP contribution in [0.1, 0.15) is 19.8 Å². The van der Waals surface area contributed by atoms with E-state index in [2.05, 4.69) is 17.6 Å². The number of piperidine rings is 1. The molecule has 3 unspecified atom stereocenters. The predicted molar refractivity (Wildman–Crippen MR) is 63.8 cm³/mol. The van der Waals surface area contributed by atoms with E-state index in [4.69, 9.17) is 9.47 Å². The van der Waals surface area contributed by atoms with E-state index in [-0.39, 0.29) is 24.0 Å². The summed E-state index contributed by atoms with van der Waals surface area (Å²) in [5.41, 5.74) is 0. The highest BCUT2D eigenvalue weighted by Crippen LogP contribution is 2.16. The summed E-state index contributed by atoms with van der Waals surface area (Å²) < 4.78 is 10.8. The Morgan fingerprint density at radius 2 is 2.35 bits per heavy atom. The van der Waals surface area contributed by atoms with Crippen LogP contribution >= 0.6 is 0 Å². The first-order valence-electron chi connectivity index (χ1n) is 6.48. The lowest BCUT2D eigenvalue weighted by Crippen LogP contribution is -2.49. The third kappa shape index (κ3) is 3.66. The van der Waals surface area contributed by atoms with Gasteiger partial charge in [0, 0.05) is 12.6 Å². The van der Waals surface area contributed by atoms with Crippen LogP contribution in [-0.2, 0) is 14.3 Å². The molecular weight excluding hydrogens is 220 g/mol. The molecule has 0 radical (unpaired) electrons. The van der Waals surface area contributed by atoms with E-state index in [0.717, 1.165) is 19.4 Å². The van der Waals surface area contributed by atoms with Gasteiger partial charge in [0.05, 0.1) is 31.8 Å². The molecule has 0 saturated carbocycles. The number of nitrogens with one attached hydrogen (secondary N) is 2. The minimum atomic E-state index is 0.0135. The SMILES string of the molecule is CC1NCCCC1C(=O)NCC1COCCO1. The molecular formula is C12H22N2O3. The summed E-state index contributed by atoms with van der Waals surface area (Å²) in [5.74, 6) is 0.229. The average Bonchev–Trinajstić information content (AvgIpc) is 2.38. The number of hydrogen-bond donors (Lipinski definition) is 2. The lowest BCUT2D eigenvalue weighted by molar-refractivity contribution is -0.129. The molecule has 2 N–H and O–H groups in total. The van der Waals surface area contributed by atoms with Crippen LogP contribution in [0.2, 0.25) is 0 Å². The molecule has 0 bridgehead atoms. The molecule has 2 heterocycles. The number of ether oxygens (including phenoxy) is 2. The molecule has 2 aliphatic rings. The van der Waals surface area contributed by atoms with Crippen molar-refractivity contribution >= 4 is 5.91 Å². The van der Waals surface area contributed by atoms with Crippen molar-refractivity contribution in [1.82, 2.24) is 10.6 Å². The van der Waals surface area contributed by atoms with Gasteiger partial charge in [-0.05, 0) is 26.3 Å². The molecule has 1 amide bonds. The second kappa shape index (κ2) is 6.33. The zero-order valence-corrected chi connectivity index (χ0v) is 10.4. The van der Waals surface area contributed by atoms with Crippen molar-refractivity contribution in [3.8, 4) is 0 Å². The van der Waals surface area contributed by atoms with E-state index in [1.54, 1.807) is 0 Å². The van der Waals surface area contributed by atoms with Gasteiger partial charge in [0.15, 0.2) is 0 Å². The van der Waals surface area contributed by atoms with Crippen molar-refractivity contribution in [2.24, 2.45) is 5.92 Å². The maximum atomic E-state index is 12.0. The molecule has 2 fully saturated rings. The van der Waals surface area contributed by atoms with Crippen molar-refractivity contribution in [2.45, 2.75) is 31.9 Å². The molecule has 0 spiro atoms. The molecule has 3 atom stereocenters. The van der Waals surface area contributed by atoms with Crippen molar-refractivity contribution < 1.29 is 14.3 Å². The van der Waals surface area contributed by atoms with Crippen molar-refractivity contribution in [3.05, 3.63) is 0 Å². The first-order valence-corrected chi connectivity index (χ1v) is 6.48. The van der Waals surface area contributed by atoms with E-state index in [0.29, 0.717) is 26.4 Å². The topological polar surface area (TPSA) is 59.6 Å². The Balaban J connectivity index is 1.72. The van der Waals surface area contributed by atoms with Crippen LogP contribution in [0.3, 0.4) is 0 Å². The number of amides is 1. The van der Waals surface area contributed by atoms with Gasteiger partial charge in [-0.25, -0.2) is 0 Å². The van der Waals surface area contributed by atoms with E-state index in [1.807, 2.05) is 0 Å². The predicted octanol–water partition coefficient (Wildman–Crippen LogP) is -0.0939. The third-order valence-electron chi connectivity index (χ3n) is 3.49. The first-order chi connectivity index (χ1) is 8.27. The number of hydrogen-bond acceptors (Lipinski definition) is 4.